The van der Waals surface area contributed by atoms with Crippen molar-refractivity contribution >= 4 is 5.84 Å². The van der Waals surface area contributed by atoms with Crippen molar-refractivity contribution in [3.8, 4) is 5.75 Å². The van der Waals surface area contributed by atoms with Gasteiger partial charge in [-0.1, -0.05) is 31.3 Å². The molecule has 0 aromatic heterocycles. The largest absolute Gasteiger partial charge is 0.485 e. The van der Waals surface area contributed by atoms with Crippen LogP contribution >= 0.6 is 0 Å². The van der Waals surface area contributed by atoms with Crippen LogP contribution in [0.2, 0.25) is 0 Å². The number of oxime groups is 1. The summed E-state index contributed by atoms with van der Waals surface area (Å²) in [7, 11) is 0. The molecule has 0 heterocycles. The first-order chi connectivity index (χ1) is 9.99. The summed E-state index contributed by atoms with van der Waals surface area (Å²) >= 11 is 0. The summed E-state index contributed by atoms with van der Waals surface area (Å²) in [6.07, 6.45) is 4.77. The van der Waals surface area contributed by atoms with E-state index in [9.17, 15) is 8.78 Å². The molecule has 21 heavy (non-hydrogen) atoms. The molecule has 1 unspecified atom stereocenters. The molecule has 4 nitrogen and oxygen atoms in total. The Morgan fingerprint density at radius 3 is 2.43 bits per heavy atom. The third-order valence-corrected chi connectivity index (χ3v) is 3.19. The minimum atomic E-state index is -0.864. The number of unbranched alkanes of at least 4 members (excludes halogenated alkanes) is 3. The standard InChI is InChI=1S/C15H22F2N2O2/c1-3-4-5-6-7-10(2)21-14-12(16)8-11(9-13(14)17)15(18)19-20/h8-10,20H,3-7H2,1-2H3,(H2,18,19). The van der Waals surface area contributed by atoms with Crippen LogP contribution in [0.25, 0.3) is 0 Å². The molecule has 3 N–H and O–H groups in total. The van der Waals surface area contributed by atoms with Crippen LogP contribution in [-0.2, 0) is 0 Å². The minimum absolute atomic E-state index is 0.0320. The zero-order valence-electron chi connectivity index (χ0n) is 12.4. The van der Waals surface area contributed by atoms with Gasteiger partial charge in [0.1, 0.15) is 0 Å². The van der Waals surface area contributed by atoms with E-state index in [0.29, 0.717) is 0 Å². The summed E-state index contributed by atoms with van der Waals surface area (Å²) in [6.45, 7) is 3.90. The zero-order valence-corrected chi connectivity index (χ0v) is 12.4. The lowest BCUT2D eigenvalue weighted by Crippen LogP contribution is -2.16. The number of amidine groups is 1. The molecule has 1 rings (SSSR count). The molecule has 0 radical (unpaired) electrons. The highest BCUT2D eigenvalue weighted by molar-refractivity contribution is 5.97. The molecule has 0 saturated heterocycles. The Morgan fingerprint density at radius 2 is 1.90 bits per heavy atom. The van der Waals surface area contributed by atoms with Crippen LogP contribution in [0.3, 0.4) is 0 Å². The summed E-state index contributed by atoms with van der Waals surface area (Å²) in [6, 6.07) is 1.97. The number of benzene rings is 1. The highest BCUT2D eigenvalue weighted by Crippen LogP contribution is 2.25. The van der Waals surface area contributed by atoms with Gasteiger partial charge in [0, 0.05) is 5.56 Å². The molecule has 1 atom stereocenters. The van der Waals surface area contributed by atoms with Gasteiger partial charge in [-0.05, 0) is 31.9 Å². The van der Waals surface area contributed by atoms with Gasteiger partial charge >= 0.3 is 0 Å². The van der Waals surface area contributed by atoms with E-state index in [-0.39, 0.29) is 17.5 Å². The lowest BCUT2D eigenvalue weighted by molar-refractivity contribution is 0.188. The minimum Gasteiger partial charge on any atom is -0.485 e. The number of ether oxygens (including phenoxy) is 1. The van der Waals surface area contributed by atoms with Crippen molar-refractivity contribution in [1.82, 2.24) is 0 Å². The molecule has 118 valence electrons. The second-order valence-electron chi connectivity index (χ2n) is 5.03. The van der Waals surface area contributed by atoms with Crippen LogP contribution in [0, 0.1) is 11.6 Å². The Hall–Kier alpha value is -1.85. The first-order valence-corrected chi connectivity index (χ1v) is 7.13. The van der Waals surface area contributed by atoms with E-state index in [2.05, 4.69) is 12.1 Å². The monoisotopic (exact) mass is 300 g/mol. The fourth-order valence-corrected chi connectivity index (χ4v) is 2.00. The van der Waals surface area contributed by atoms with E-state index in [1.807, 2.05) is 0 Å². The lowest BCUT2D eigenvalue weighted by Gasteiger charge is -2.16. The van der Waals surface area contributed by atoms with Crippen LogP contribution in [0.1, 0.15) is 51.5 Å². The summed E-state index contributed by atoms with van der Waals surface area (Å²) in [5, 5.41) is 11.2. The molecule has 1 aromatic carbocycles. The number of rotatable bonds is 8. The second-order valence-corrected chi connectivity index (χ2v) is 5.03. The van der Waals surface area contributed by atoms with Crippen LogP contribution in [0.5, 0.6) is 5.75 Å². The number of nitrogens with two attached hydrogens (primary N) is 1. The molecular formula is C15H22F2N2O2. The van der Waals surface area contributed by atoms with Crippen molar-refractivity contribution in [3.05, 3.63) is 29.3 Å². The maximum Gasteiger partial charge on any atom is 0.191 e. The molecule has 0 fully saturated rings. The van der Waals surface area contributed by atoms with Gasteiger partial charge < -0.3 is 15.7 Å². The second kappa shape index (κ2) is 8.44. The first kappa shape index (κ1) is 17.2. The van der Waals surface area contributed by atoms with Crippen molar-refractivity contribution in [2.75, 3.05) is 0 Å². The van der Waals surface area contributed by atoms with Gasteiger partial charge in [0.05, 0.1) is 6.10 Å². The summed E-state index contributed by atoms with van der Waals surface area (Å²) in [4.78, 5) is 0. The predicted molar refractivity (Wildman–Crippen MR) is 77.7 cm³/mol. The van der Waals surface area contributed by atoms with Gasteiger partial charge in [-0.2, -0.15) is 0 Å². The van der Waals surface area contributed by atoms with E-state index < -0.39 is 17.4 Å². The van der Waals surface area contributed by atoms with E-state index in [0.717, 1.165) is 44.2 Å². The van der Waals surface area contributed by atoms with Crippen LogP contribution in [0.15, 0.2) is 17.3 Å². The topological polar surface area (TPSA) is 67.8 Å². The Kier molecular flexibility index (Phi) is 6.91. The van der Waals surface area contributed by atoms with E-state index in [1.54, 1.807) is 6.92 Å². The lowest BCUT2D eigenvalue weighted by atomic mass is 10.1. The zero-order chi connectivity index (χ0) is 15.8. The molecule has 0 amide bonds. The highest BCUT2D eigenvalue weighted by Gasteiger charge is 2.17. The molecule has 0 spiro atoms. The maximum absolute atomic E-state index is 13.9. The Labute approximate surface area is 123 Å². The van der Waals surface area contributed by atoms with Gasteiger partial charge in [0.25, 0.3) is 0 Å². The van der Waals surface area contributed by atoms with Crippen LogP contribution in [-0.4, -0.2) is 17.1 Å². The smallest absolute Gasteiger partial charge is 0.191 e. The Balaban J connectivity index is 2.71. The Morgan fingerprint density at radius 1 is 1.29 bits per heavy atom. The van der Waals surface area contributed by atoms with Crippen molar-refractivity contribution in [2.45, 2.75) is 52.1 Å². The van der Waals surface area contributed by atoms with Crippen molar-refractivity contribution < 1.29 is 18.7 Å². The quantitative estimate of drug-likeness (QED) is 0.252. The SMILES string of the molecule is CCCCCCC(C)Oc1c(F)cc(C(N)=NO)cc1F. The van der Waals surface area contributed by atoms with Crippen LogP contribution < -0.4 is 10.5 Å². The van der Waals surface area contributed by atoms with Gasteiger partial charge in [0.2, 0.25) is 0 Å². The molecule has 6 heteroatoms. The number of halogens is 2. The van der Waals surface area contributed by atoms with Gasteiger partial charge in [0.15, 0.2) is 23.2 Å². The number of hydrogen-bond acceptors (Lipinski definition) is 3. The van der Waals surface area contributed by atoms with Gasteiger partial charge in [-0.15, -0.1) is 0 Å². The summed E-state index contributed by atoms with van der Waals surface area (Å²) < 4.78 is 33.0. The summed E-state index contributed by atoms with van der Waals surface area (Å²) in [5.74, 6) is -2.51. The Bertz CT molecular complexity index is 470. The fourth-order valence-electron chi connectivity index (χ4n) is 2.00. The van der Waals surface area contributed by atoms with E-state index in [4.69, 9.17) is 15.7 Å². The average Bonchev–Trinajstić information content (AvgIpc) is 2.46. The van der Waals surface area contributed by atoms with Gasteiger partial charge in [-0.25, -0.2) is 8.78 Å². The molecule has 0 aliphatic rings. The maximum atomic E-state index is 13.9. The fraction of sp³-hybridized carbons (Fsp3) is 0.533. The van der Waals surface area contributed by atoms with Gasteiger partial charge in [-0.3, -0.25) is 0 Å². The number of hydrogen-bond donors (Lipinski definition) is 2. The molecule has 0 aliphatic carbocycles. The predicted octanol–water partition coefficient (Wildman–Crippen LogP) is 3.80. The van der Waals surface area contributed by atoms with Crippen molar-refractivity contribution in [2.24, 2.45) is 10.9 Å². The normalized spacial score (nSPS) is 13.2. The van der Waals surface area contributed by atoms with E-state index in [1.165, 1.54) is 0 Å². The van der Waals surface area contributed by atoms with E-state index >= 15 is 0 Å². The third-order valence-electron chi connectivity index (χ3n) is 3.19. The summed E-state index contributed by atoms with van der Waals surface area (Å²) in [5.41, 5.74) is 5.27. The van der Waals surface area contributed by atoms with Crippen LogP contribution in [0.4, 0.5) is 8.78 Å². The molecular weight excluding hydrogens is 278 g/mol. The molecule has 0 saturated carbocycles. The van der Waals surface area contributed by atoms with Crippen molar-refractivity contribution in [3.63, 3.8) is 0 Å². The third kappa shape index (κ3) is 5.21. The highest BCUT2D eigenvalue weighted by atomic mass is 19.1. The first-order valence-electron chi connectivity index (χ1n) is 7.13. The average molecular weight is 300 g/mol. The molecule has 0 bridgehead atoms. The molecule has 0 aliphatic heterocycles. The number of nitrogens with zero attached hydrogens (tertiary/aromatic N) is 1. The van der Waals surface area contributed by atoms with Crippen molar-refractivity contribution in [1.29, 1.82) is 0 Å². The molecule has 1 aromatic rings.